The standard InChI is InChI=1S/C53H39NO/c1-53(2)49-15-7-8-17-51(49)55-52-48(14-9-16-50(52)53)40-26-32-47(33-27-40)54(45-28-22-38(23-29-45)43-20-18-36-10-3-5-12-41(36)34-43)46-30-24-39(25-31-46)44-21-19-37-11-4-6-13-42(37)35-44/h3-35H,1-2H3. The minimum absolute atomic E-state index is 0.172. The summed E-state index contributed by atoms with van der Waals surface area (Å²) in [5, 5.41) is 4.99. The fraction of sp³-hybridized carbons (Fsp3) is 0.0566. The van der Waals surface area contributed by atoms with Crippen LogP contribution in [0.5, 0.6) is 11.5 Å². The first-order chi connectivity index (χ1) is 27.0. The number of benzene rings is 9. The van der Waals surface area contributed by atoms with Crippen molar-refractivity contribution in [2.75, 3.05) is 4.90 Å². The molecule has 0 aliphatic carbocycles. The lowest BCUT2D eigenvalue weighted by molar-refractivity contribution is 0.419. The van der Waals surface area contributed by atoms with E-state index < -0.39 is 0 Å². The quantitative estimate of drug-likeness (QED) is 0.171. The number of nitrogens with zero attached hydrogens (tertiary/aromatic N) is 1. The van der Waals surface area contributed by atoms with Crippen molar-refractivity contribution in [1.82, 2.24) is 0 Å². The Morgan fingerprint density at radius 1 is 0.364 bits per heavy atom. The highest BCUT2D eigenvalue weighted by molar-refractivity contribution is 5.90. The highest BCUT2D eigenvalue weighted by atomic mass is 16.5. The summed E-state index contributed by atoms with van der Waals surface area (Å²) in [6, 6.07) is 72.2. The zero-order valence-electron chi connectivity index (χ0n) is 30.9. The van der Waals surface area contributed by atoms with Gasteiger partial charge in [0.1, 0.15) is 11.5 Å². The van der Waals surface area contributed by atoms with Crippen molar-refractivity contribution < 1.29 is 4.74 Å². The van der Waals surface area contributed by atoms with Gasteiger partial charge in [-0.3, -0.25) is 0 Å². The van der Waals surface area contributed by atoms with Crippen LogP contribution in [0.2, 0.25) is 0 Å². The molecule has 0 radical (unpaired) electrons. The van der Waals surface area contributed by atoms with Crippen molar-refractivity contribution in [3.8, 4) is 44.9 Å². The number of ether oxygens (including phenoxy) is 1. The van der Waals surface area contributed by atoms with Crippen LogP contribution in [-0.4, -0.2) is 0 Å². The molecule has 0 N–H and O–H groups in total. The van der Waals surface area contributed by atoms with Gasteiger partial charge in [-0.25, -0.2) is 0 Å². The van der Waals surface area contributed by atoms with Crippen LogP contribution in [0.4, 0.5) is 17.1 Å². The molecule has 0 atom stereocenters. The van der Waals surface area contributed by atoms with Crippen LogP contribution < -0.4 is 9.64 Å². The molecule has 55 heavy (non-hydrogen) atoms. The number of hydrogen-bond donors (Lipinski definition) is 0. The molecule has 10 rings (SSSR count). The van der Waals surface area contributed by atoms with Gasteiger partial charge in [0, 0.05) is 39.2 Å². The summed E-state index contributed by atoms with van der Waals surface area (Å²) in [6.07, 6.45) is 0. The van der Waals surface area contributed by atoms with E-state index in [0.29, 0.717) is 0 Å². The first kappa shape index (κ1) is 32.7. The molecule has 9 aromatic rings. The highest BCUT2D eigenvalue weighted by Gasteiger charge is 2.35. The normalized spacial score (nSPS) is 12.8. The zero-order valence-corrected chi connectivity index (χ0v) is 30.9. The number of rotatable bonds is 6. The van der Waals surface area contributed by atoms with Gasteiger partial charge in [-0.2, -0.15) is 0 Å². The van der Waals surface area contributed by atoms with Crippen LogP contribution in [0.1, 0.15) is 25.0 Å². The average Bonchev–Trinajstić information content (AvgIpc) is 3.24. The fourth-order valence-electron chi connectivity index (χ4n) is 8.27. The van der Waals surface area contributed by atoms with Crippen molar-refractivity contribution >= 4 is 38.6 Å². The van der Waals surface area contributed by atoms with E-state index in [-0.39, 0.29) is 5.41 Å². The van der Waals surface area contributed by atoms with Crippen molar-refractivity contribution in [2.24, 2.45) is 0 Å². The second kappa shape index (κ2) is 13.2. The zero-order chi connectivity index (χ0) is 36.9. The lowest BCUT2D eigenvalue weighted by Crippen LogP contribution is -2.24. The molecular formula is C53H39NO. The Morgan fingerprint density at radius 2 is 0.800 bits per heavy atom. The lowest BCUT2D eigenvalue weighted by Gasteiger charge is -2.35. The summed E-state index contributed by atoms with van der Waals surface area (Å²) in [5.74, 6) is 1.86. The molecule has 9 aromatic carbocycles. The van der Waals surface area contributed by atoms with Crippen LogP contribution in [-0.2, 0) is 5.41 Å². The number of para-hydroxylation sites is 2. The molecule has 0 amide bonds. The monoisotopic (exact) mass is 705 g/mol. The van der Waals surface area contributed by atoms with Gasteiger partial charge in [0.05, 0.1) is 0 Å². The molecule has 1 heterocycles. The third-order valence-electron chi connectivity index (χ3n) is 11.3. The molecule has 0 aromatic heterocycles. The van der Waals surface area contributed by atoms with E-state index in [0.717, 1.165) is 39.7 Å². The minimum atomic E-state index is -0.172. The van der Waals surface area contributed by atoms with Gasteiger partial charge in [-0.1, -0.05) is 159 Å². The van der Waals surface area contributed by atoms with Crippen LogP contribution in [0, 0.1) is 0 Å². The molecule has 0 bridgehead atoms. The molecule has 0 unspecified atom stereocenters. The predicted octanol–water partition coefficient (Wildman–Crippen LogP) is 14.9. The van der Waals surface area contributed by atoms with Gasteiger partial charge >= 0.3 is 0 Å². The summed E-state index contributed by atoms with van der Waals surface area (Å²) < 4.78 is 6.65. The van der Waals surface area contributed by atoms with Crippen molar-refractivity contribution in [3.63, 3.8) is 0 Å². The summed E-state index contributed by atoms with van der Waals surface area (Å²) >= 11 is 0. The van der Waals surface area contributed by atoms with Crippen LogP contribution in [0.15, 0.2) is 200 Å². The second-order valence-electron chi connectivity index (χ2n) is 15.0. The number of fused-ring (bicyclic) bond motifs is 4. The summed E-state index contributed by atoms with van der Waals surface area (Å²) in [7, 11) is 0. The summed E-state index contributed by atoms with van der Waals surface area (Å²) in [6.45, 7) is 4.57. The maximum Gasteiger partial charge on any atom is 0.139 e. The van der Waals surface area contributed by atoms with Gasteiger partial charge in [0.25, 0.3) is 0 Å². The molecule has 2 heteroatoms. The molecule has 0 spiro atoms. The van der Waals surface area contributed by atoms with E-state index >= 15 is 0 Å². The van der Waals surface area contributed by atoms with E-state index in [4.69, 9.17) is 4.74 Å². The Kier molecular flexibility index (Phi) is 7.85. The van der Waals surface area contributed by atoms with E-state index in [2.05, 4.69) is 219 Å². The third-order valence-corrected chi connectivity index (χ3v) is 11.3. The van der Waals surface area contributed by atoms with Gasteiger partial charge in [-0.15, -0.1) is 0 Å². The van der Waals surface area contributed by atoms with Crippen molar-refractivity contribution in [2.45, 2.75) is 19.3 Å². The van der Waals surface area contributed by atoms with Gasteiger partial charge in [0.2, 0.25) is 0 Å². The molecule has 1 aliphatic heterocycles. The van der Waals surface area contributed by atoms with Crippen LogP contribution in [0.25, 0.3) is 54.9 Å². The summed E-state index contributed by atoms with van der Waals surface area (Å²) in [5.41, 5.74) is 12.5. The minimum Gasteiger partial charge on any atom is -0.456 e. The van der Waals surface area contributed by atoms with Crippen LogP contribution >= 0.6 is 0 Å². The average molecular weight is 706 g/mol. The van der Waals surface area contributed by atoms with E-state index in [1.807, 2.05) is 0 Å². The Hall–Kier alpha value is -6.90. The predicted molar refractivity (Wildman–Crippen MR) is 231 cm³/mol. The lowest BCUT2D eigenvalue weighted by atomic mass is 9.75. The molecule has 0 saturated carbocycles. The van der Waals surface area contributed by atoms with Crippen LogP contribution in [0.3, 0.4) is 0 Å². The maximum absolute atomic E-state index is 6.65. The maximum atomic E-state index is 6.65. The Balaban J connectivity index is 1.03. The molecule has 0 fully saturated rings. The smallest absolute Gasteiger partial charge is 0.139 e. The Bertz CT molecular complexity index is 2730. The number of hydrogen-bond acceptors (Lipinski definition) is 2. The van der Waals surface area contributed by atoms with Crippen molar-refractivity contribution in [1.29, 1.82) is 0 Å². The molecule has 262 valence electrons. The molecule has 2 nitrogen and oxygen atoms in total. The molecular weight excluding hydrogens is 667 g/mol. The first-order valence-electron chi connectivity index (χ1n) is 19.0. The topological polar surface area (TPSA) is 12.5 Å². The van der Waals surface area contributed by atoms with Gasteiger partial charge < -0.3 is 9.64 Å². The van der Waals surface area contributed by atoms with E-state index in [1.54, 1.807) is 0 Å². The largest absolute Gasteiger partial charge is 0.456 e. The SMILES string of the molecule is CC1(C)c2ccccc2Oc2c(-c3ccc(N(c4ccc(-c5ccc6ccccc6c5)cc4)c4ccc(-c5ccc6ccccc6c5)cc4)cc3)cccc21. The molecule has 0 saturated heterocycles. The Morgan fingerprint density at radius 3 is 1.35 bits per heavy atom. The first-order valence-corrected chi connectivity index (χ1v) is 19.0. The Labute approximate surface area is 322 Å². The second-order valence-corrected chi connectivity index (χ2v) is 15.0. The third kappa shape index (κ3) is 5.84. The number of anilines is 3. The van der Waals surface area contributed by atoms with E-state index in [1.165, 1.54) is 54.9 Å². The fourth-order valence-corrected chi connectivity index (χ4v) is 8.27. The van der Waals surface area contributed by atoms with Crippen molar-refractivity contribution in [3.05, 3.63) is 211 Å². The van der Waals surface area contributed by atoms with E-state index in [9.17, 15) is 0 Å². The summed E-state index contributed by atoms with van der Waals surface area (Å²) in [4.78, 5) is 2.34. The van der Waals surface area contributed by atoms with Gasteiger partial charge in [0.15, 0.2) is 0 Å². The molecule has 1 aliphatic rings. The highest BCUT2D eigenvalue weighted by Crippen LogP contribution is 2.51. The van der Waals surface area contributed by atoms with Gasteiger partial charge in [-0.05, 0) is 104 Å².